The summed E-state index contributed by atoms with van der Waals surface area (Å²) in [6.45, 7) is 0.772. The van der Waals surface area contributed by atoms with Crippen LogP contribution >= 0.6 is 0 Å². The molecular formula is C15H20FN3. The minimum atomic E-state index is -0.215. The predicted molar refractivity (Wildman–Crippen MR) is 75.7 cm³/mol. The van der Waals surface area contributed by atoms with E-state index in [1.165, 1.54) is 44.2 Å². The highest BCUT2D eigenvalue weighted by Crippen LogP contribution is 2.33. The topological polar surface area (TPSA) is 41.6 Å². The standard InChI is InChI=1S/C15H20FN3/c16-12-6-8-13(9-7-12)19-14(10-18-15(19)17)11-4-2-1-3-5-11/h6-9,11,14H,1-5,10H2,(H2,17,18). The highest BCUT2D eigenvalue weighted by Gasteiger charge is 2.34. The van der Waals surface area contributed by atoms with Gasteiger partial charge >= 0.3 is 0 Å². The van der Waals surface area contributed by atoms with E-state index in [1.807, 2.05) is 0 Å². The predicted octanol–water partition coefficient (Wildman–Crippen LogP) is 2.91. The Hall–Kier alpha value is -1.58. The summed E-state index contributed by atoms with van der Waals surface area (Å²) < 4.78 is 13.0. The first-order chi connectivity index (χ1) is 9.25. The Morgan fingerprint density at radius 2 is 1.79 bits per heavy atom. The van der Waals surface area contributed by atoms with Crippen LogP contribution in [-0.2, 0) is 0 Å². The molecule has 3 rings (SSSR count). The molecule has 0 radical (unpaired) electrons. The first-order valence-corrected chi connectivity index (χ1v) is 7.10. The minimum Gasteiger partial charge on any atom is -0.370 e. The summed E-state index contributed by atoms with van der Waals surface area (Å²) in [6, 6.07) is 6.90. The van der Waals surface area contributed by atoms with Crippen molar-refractivity contribution in [3.05, 3.63) is 30.1 Å². The summed E-state index contributed by atoms with van der Waals surface area (Å²) >= 11 is 0. The number of nitrogens with zero attached hydrogens (tertiary/aromatic N) is 2. The van der Waals surface area contributed by atoms with Crippen molar-refractivity contribution < 1.29 is 4.39 Å². The molecule has 2 aliphatic rings. The van der Waals surface area contributed by atoms with Crippen molar-refractivity contribution in [2.24, 2.45) is 16.6 Å². The maximum absolute atomic E-state index is 13.0. The molecule has 2 N–H and O–H groups in total. The number of aliphatic imine (C=N–C) groups is 1. The van der Waals surface area contributed by atoms with E-state index in [0.717, 1.165) is 12.2 Å². The Bertz CT molecular complexity index is 463. The van der Waals surface area contributed by atoms with E-state index in [-0.39, 0.29) is 5.82 Å². The highest BCUT2D eigenvalue weighted by atomic mass is 19.1. The molecule has 1 fully saturated rings. The number of guanidine groups is 1. The smallest absolute Gasteiger partial charge is 0.196 e. The SMILES string of the molecule is NC1=NCC(C2CCCCC2)N1c1ccc(F)cc1. The third-order valence-electron chi connectivity index (χ3n) is 4.32. The van der Waals surface area contributed by atoms with Gasteiger partial charge in [-0.25, -0.2) is 4.39 Å². The zero-order valence-electron chi connectivity index (χ0n) is 11.1. The number of hydrogen-bond acceptors (Lipinski definition) is 3. The molecule has 1 aromatic rings. The van der Waals surface area contributed by atoms with E-state index in [0.29, 0.717) is 17.9 Å². The number of rotatable bonds is 2. The molecule has 1 unspecified atom stereocenters. The van der Waals surface area contributed by atoms with Crippen molar-refractivity contribution in [1.29, 1.82) is 0 Å². The summed E-state index contributed by atoms with van der Waals surface area (Å²) in [6.07, 6.45) is 6.46. The summed E-state index contributed by atoms with van der Waals surface area (Å²) in [4.78, 5) is 6.49. The second kappa shape index (κ2) is 5.19. The van der Waals surface area contributed by atoms with Crippen LogP contribution in [0.1, 0.15) is 32.1 Å². The van der Waals surface area contributed by atoms with E-state index < -0.39 is 0 Å². The third-order valence-corrected chi connectivity index (χ3v) is 4.32. The molecule has 4 heteroatoms. The molecule has 1 aromatic carbocycles. The molecule has 1 aliphatic carbocycles. The summed E-state index contributed by atoms with van der Waals surface area (Å²) in [5.41, 5.74) is 6.98. The average Bonchev–Trinajstić information content (AvgIpc) is 2.83. The summed E-state index contributed by atoms with van der Waals surface area (Å²) in [5, 5.41) is 0. The van der Waals surface area contributed by atoms with Gasteiger partial charge in [-0.05, 0) is 43.0 Å². The number of benzene rings is 1. The van der Waals surface area contributed by atoms with Gasteiger partial charge < -0.3 is 10.6 Å². The number of nitrogens with two attached hydrogens (primary N) is 1. The van der Waals surface area contributed by atoms with Gasteiger partial charge in [0.15, 0.2) is 5.96 Å². The zero-order chi connectivity index (χ0) is 13.2. The van der Waals surface area contributed by atoms with Crippen molar-refractivity contribution in [1.82, 2.24) is 0 Å². The quantitative estimate of drug-likeness (QED) is 0.889. The molecule has 0 saturated heterocycles. The fourth-order valence-corrected chi connectivity index (χ4v) is 3.32. The van der Waals surface area contributed by atoms with Gasteiger partial charge in [0.05, 0.1) is 12.6 Å². The van der Waals surface area contributed by atoms with Crippen LogP contribution in [0.5, 0.6) is 0 Å². The second-order valence-corrected chi connectivity index (χ2v) is 5.51. The Morgan fingerprint density at radius 1 is 1.11 bits per heavy atom. The molecule has 1 heterocycles. The highest BCUT2D eigenvalue weighted by molar-refractivity contribution is 5.97. The van der Waals surface area contributed by atoms with Crippen molar-refractivity contribution >= 4 is 11.6 Å². The molecule has 19 heavy (non-hydrogen) atoms. The summed E-state index contributed by atoms with van der Waals surface area (Å²) in [5.74, 6) is 1.01. The lowest BCUT2D eigenvalue weighted by molar-refractivity contribution is 0.314. The zero-order valence-corrected chi connectivity index (χ0v) is 11.1. The molecule has 0 amide bonds. The molecule has 1 aliphatic heterocycles. The number of halogens is 1. The fourth-order valence-electron chi connectivity index (χ4n) is 3.32. The van der Waals surface area contributed by atoms with E-state index in [9.17, 15) is 4.39 Å². The Morgan fingerprint density at radius 3 is 2.47 bits per heavy atom. The van der Waals surface area contributed by atoms with Crippen LogP contribution in [0.2, 0.25) is 0 Å². The molecule has 1 saturated carbocycles. The van der Waals surface area contributed by atoms with Crippen LogP contribution < -0.4 is 10.6 Å². The molecule has 0 bridgehead atoms. The number of anilines is 1. The lowest BCUT2D eigenvalue weighted by Crippen LogP contribution is -2.45. The van der Waals surface area contributed by atoms with Gasteiger partial charge in [0.1, 0.15) is 5.82 Å². The largest absolute Gasteiger partial charge is 0.370 e. The normalized spacial score (nSPS) is 24.6. The van der Waals surface area contributed by atoms with Crippen LogP contribution in [0.3, 0.4) is 0 Å². The van der Waals surface area contributed by atoms with Gasteiger partial charge in [0, 0.05) is 5.69 Å². The molecule has 0 spiro atoms. The average molecular weight is 261 g/mol. The van der Waals surface area contributed by atoms with E-state index in [1.54, 1.807) is 12.1 Å². The summed E-state index contributed by atoms with van der Waals surface area (Å²) in [7, 11) is 0. The molecule has 0 aromatic heterocycles. The Labute approximate surface area is 113 Å². The van der Waals surface area contributed by atoms with Gasteiger partial charge in [-0.3, -0.25) is 4.99 Å². The molecular weight excluding hydrogens is 241 g/mol. The van der Waals surface area contributed by atoms with Gasteiger partial charge in [-0.2, -0.15) is 0 Å². The first kappa shape index (κ1) is 12.5. The Kier molecular flexibility index (Phi) is 3.40. The van der Waals surface area contributed by atoms with Crippen LogP contribution in [0.25, 0.3) is 0 Å². The molecule has 3 nitrogen and oxygen atoms in total. The van der Waals surface area contributed by atoms with Crippen LogP contribution in [0, 0.1) is 11.7 Å². The second-order valence-electron chi connectivity index (χ2n) is 5.51. The fraction of sp³-hybridized carbons (Fsp3) is 0.533. The van der Waals surface area contributed by atoms with Crippen molar-refractivity contribution in [2.75, 3.05) is 11.4 Å². The maximum Gasteiger partial charge on any atom is 0.196 e. The monoisotopic (exact) mass is 261 g/mol. The van der Waals surface area contributed by atoms with E-state index in [4.69, 9.17) is 5.73 Å². The van der Waals surface area contributed by atoms with Crippen molar-refractivity contribution in [3.63, 3.8) is 0 Å². The van der Waals surface area contributed by atoms with Gasteiger partial charge in [0.25, 0.3) is 0 Å². The first-order valence-electron chi connectivity index (χ1n) is 7.10. The molecule has 1 atom stereocenters. The van der Waals surface area contributed by atoms with Gasteiger partial charge in [-0.15, -0.1) is 0 Å². The molecule has 102 valence electrons. The van der Waals surface area contributed by atoms with Crippen molar-refractivity contribution in [2.45, 2.75) is 38.1 Å². The van der Waals surface area contributed by atoms with Crippen LogP contribution in [0.15, 0.2) is 29.3 Å². The van der Waals surface area contributed by atoms with Crippen LogP contribution in [-0.4, -0.2) is 18.5 Å². The maximum atomic E-state index is 13.0. The number of hydrogen-bond donors (Lipinski definition) is 1. The van der Waals surface area contributed by atoms with Crippen molar-refractivity contribution in [3.8, 4) is 0 Å². The lowest BCUT2D eigenvalue weighted by atomic mass is 9.83. The van der Waals surface area contributed by atoms with Crippen LogP contribution in [0.4, 0.5) is 10.1 Å². The van der Waals surface area contributed by atoms with E-state index >= 15 is 0 Å². The van der Waals surface area contributed by atoms with Gasteiger partial charge in [0.2, 0.25) is 0 Å². The lowest BCUT2D eigenvalue weighted by Gasteiger charge is -2.34. The van der Waals surface area contributed by atoms with Gasteiger partial charge in [-0.1, -0.05) is 19.3 Å². The Balaban J connectivity index is 1.83. The third kappa shape index (κ3) is 2.44. The minimum absolute atomic E-state index is 0.215. The van der Waals surface area contributed by atoms with E-state index in [2.05, 4.69) is 9.89 Å².